The molecule has 0 heterocycles. The van der Waals surface area contributed by atoms with Crippen LogP contribution < -0.4 is 11.5 Å². The fourth-order valence-corrected chi connectivity index (χ4v) is 1.46. The topological polar surface area (TPSA) is 92.6 Å². The van der Waals surface area contributed by atoms with E-state index in [-0.39, 0.29) is 12.6 Å². The van der Waals surface area contributed by atoms with Crippen LogP contribution in [0.4, 0.5) is 5.69 Å². The summed E-state index contributed by atoms with van der Waals surface area (Å²) in [4.78, 5) is 12.9. The van der Waals surface area contributed by atoms with Crippen molar-refractivity contribution >= 4 is 11.6 Å². The quantitative estimate of drug-likeness (QED) is 0.637. The predicted octanol–water partition coefficient (Wildman–Crippen LogP) is 0.180. The van der Waals surface area contributed by atoms with Gasteiger partial charge in [-0.15, -0.1) is 0 Å². The van der Waals surface area contributed by atoms with Crippen molar-refractivity contribution in [3.63, 3.8) is 0 Å². The van der Waals surface area contributed by atoms with Crippen LogP contribution in [0, 0.1) is 0 Å². The van der Waals surface area contributed by atoms with Crippen molar-refractivity contribution in [1.82, 2.24) is 4.90 Å². The maximum Gasteiger partial charge on any atom is 0.248 e. The van der Waals surface area contributed by atoms with Crippen LogP contribution in [0.2, 0.25) is 0 Å². The Morgan fingerprint density at radius 3 is 2.65 bits per heavy atom. The first-order valence-electron chi connectivity index (χ1n) is 5.45. The third-order valence-electron chi connectivity index (χ3n) is 2.87. The number of nitrogen functional groups attached to an aromatic ring is 1. The molecule has 0 saturated carbocycles. The van der Waals surface area contributed by atoms with Gasteiger partial charge in [0.05, 0.1) is 6.61 Å². The van der Waals surface area contributed by atoms with Gasteiger partial charge in [0.1, 0.15) is 0 Å². The zero-order chi connectivity index (χ0) is 13.0. The second-order valence-corrected chi connectivity index (χ2v) is 4.22. The third-order valence-corrected chi connectivity index (χ3v) is 2.87. The number of rotatable bonds is 5. The molecule has 1 aromatic carbocycles. The molecule has 1 unspecified atom stereocenters. The molecular weight excluding hydrogens is 218 g/mol. The Labute approximate surface area is 101 Å². The van der Waals surface area contributed by atoms with Crippen molar-refractivity contribution in [2.75, 3.05) is 19.4 Å². The average molecular weight is 237 g/mol. The van der Waals surface area contributed by atoms with E-state index in [0.717, 1.165) is 5.56 Å². The van der Waals surface area contributed by atoms with Gasteiger partial charge in [-0.05, 0) is 31.7 Å². The number of hydrogen-bond donors (Lipinski definition) is 3. The third kappa shape index (κ3) is 3.44. The normalized spacial score (nSPS) is 12.7. The van der Waals surface area contributed by atoms with Gasteiger partial charge < -0.3 is 16.6 Å². The van der Waals surface area contributed by atoms with E-state index in [0.29, 0.717) is 17.8 Å². The number of aliphatic hydroxyl groups excluding tert-OH is 1. The van der Waals surface area contributed by atoms with Crippen LogP contribution >= 0.6 is 0 Å². The lowest BCUT2D eigenvalue weighted by atomic mass is 10.1. The van der Waals surface area contributed by atoms with Crippen molar-refractivity contribution in [2.45, 2.75) is 19.5 Å². The van der Waals surface area contributed by atoms with Gasteiger partial charge in [0.15, 0.2) is 0 Å². The van der Waals surface area contributed by atoms with E-state index in [9.17, 15) is 4.79 Å². The van der Waals surface area contributed by atoms with E-state index in [2.05, 4.69) is 0 Å². The highest BCUT2D eigenvalue weighted by Gasteiger charge is 2.11. The molecule has 5 heteroatoms. The summed E-state index contributed by atoms with van der Waals surface area (Å²) in [5.41, 5.74) is 12.9. The fraction of sp³-hybridized carbons (Fsp3) is 0.417. The Bertz CT molecular complexity index is 407. The summed E-state index contributed by atoms with van der Waals surface area (Å²) in [5.74, 6) is -0.486. The predicted molar refractivity (Wildman–Crippen MR) is 67.4 cm³/mol. The van der Waals surface area contributed by atoms with Gasteiger partial charge >= 0.3 is 0 Å². The first-order chi connectivity index (χ1) is 7.95. The molecule has 0 aliphatic carbocycles. The first-order valence-corrected chi connectivity index (χ1v) is 5.45. The van der Waals surface area contributed by atoms with E-state index in [1.807, 2.05) is 18.9 Å². The second-order valence-electron chi connectivity index (χ2n) is 4.22. The molecule has 94 valence electrons. The second kappa shape index (κ2) is 5.65. The number of likely N-dealkylation sites (N-methyl/N-ethyl adjacent to an activating group) is 1. The molecule has 0 saturated heterocycles. The number of carbonyl (C=O) groups is 1. The van der Waals surface area contributed by atoms with Gasteiger partial charge in [0, 0.05) is 23.8 Å². The van der Waals surface area contributed by atoms with Gasteiger partial charge in [-0.3, -0.25) is 9.69 Å². The molecule has 0 radical (unpaired) electrons. The Hall–Kier alpha value is -1.59. The number of aliphatic hydroxyl groups is 1. The van der Waals surface area contributed by atoms with Crippen LogP contribution in [0.15, 0.2) is 18.2 Å². The minimum Gasteiger partial charge on any atom is -0.398 e. The van der Waals surface area contributed by atoms with Crippen LogP contribution in [0.3, 0.4) is 0 Å². The molecule has 0 spiro atoms. The summed E-state index contributed by atoms with van der Waals surface area (Å²) in [6, 6.07) is 5.08. The first kappa shape index (κ1) is 13.5. The van der Waals surface area contributed by atoms with Crippen LogP contribution in [0.5, 0.6) is 0 Å². The summed E-state index contributed by atoms with van der Waals surface area (Å²) < 4.78 is 0. The van der Waals surface area contributed by atoms with Gasteiger partial charge in [-0.25, -0.2) is 0 Å². The Balaban J connectivity index is 2.82. The highest BCUT2D eigenvalue weighted by molar-refractivity contribution is 5.93. The molecule has 0 bridgehead atoms. The number of primary amides is 1. The summed E-state index contributed by atoms with van der Waals surface area (Å²) >= 11 is 0. The van der Waals surface area contributed by atoms with Gasteiger partial charge in [0.25, 0.3) is 0 Å². The molecule has 0 aliphatic rings. The standard InChI is InChI=1S/C12H19N3O2/c1-8(7-16)15(2)6-10-4-3-9(12(14)17)5-11(10)13/h3-5,8,16H,6-7,13H2,1-2H3,(H2,14,17). The van der Waals surface area contributed by atoms with Crippen molar-refractivity contribution in [1.29, 1.82) is 0 Å². The Morgan fingerprint density at radius 2 is 2.18 bits per heavy atom. The van der Waals surface area contributed by atoms with Crippen LogP contribution in [0.25, 0.3) is 0 Å². The molecule has 1 atom stereocenters. The van der Waals surface area contributed by atoms with Gasteiger partial charge in [0.2, 0.25) is 5.91 Å². The van der Waals surface area contributed by atoms with E-state index in [1.165, 1.54) is 0 Å². The lowest BCUT2D eigenvalue weighted by Crippen LogP contribution is -2.31. The lowest BCUT2D eigenvalue weighted by Gasteiger charge is -2.23. The summed E-state index contributed by atoms with van der Waals surface area (Å²) in [6.45, 7) is 2.64. The molecule has 1 aromatic rings. The van der Waals surface area contributed by atoms with Crippen LogP contribution in [-0.2, 0) is 6.54 Å². The van der Waals surface area contributed by atoms with Crippen LogP contribution in [0.1, 0.15) is 22.8 Å². The average Bonchev–Trinajstić information content (AvgIpc) is 2.30. The molecule has 0 aromatic heterocycles. The zero-order valence-electron chi connectivity index (χ0n) is 10.2. The number of hydrogen-bond acceptors (Lipinski definition) is 4. The number of amides is 1. The molecule has 1 amide bonds. The van der Waals surface area contributed by atoms with E-state index in [4.69, 9.17) is 16.6 Å². The maximum absolute atomic E-state index is 11.0. The number of nitrogens with two attached hydrogens (primary N) is 2. The lowest BCUT2D eigenvalue weighted by molar-refractivity contribution is 0.100. The van der Waals surface area contributed by atoms with E-state index in [1.54, 1.807) is 18.2 Å². The van der Waals surface area contributed by atoms with Crippen molar-refractivity contribution in [2.24, 2.45) is 5.73 Å². The minimum atomic E-state index is -0.486. The molecule has 0 fully saturated rings. The van der Waals surface area contributed by atoms with Crippen molar-refractivity contribution in [3.05, 3.63) is 29.3 Å². The minimum absolute atomic E-state index is 0.0604. The van der Waals surface area contributed by atoms with E-state index < -0.39 is 5.91 Å². The van der Waals surface area contributed by atoms with Crippen LogP contribution in [-0.4, -0.2) is 35.6 Å². The number of benzene rings is 1. The molecule has 1 rings (SSSR count). The zero-order valence-corrected chi connectivity index (χ0v) is 10.2. The number of carbonyl (C=O) groups excluding carboxylic acids is 1. The van der Waals surface area contributed by atoms with E-state index >= 15 is 0 Å². The van der Waals surface area contributed by atoms with Gasteiger partial charge in [-0.2, -0.15) is 0 Å². The van der Waals surface area contributed by atoms with Gasteiger partial charge in [-0.1, -0.05) is 6.07 Å². The largest absolute Gasteiger partial charge is 0.398 e. The van der Waals surface area contributed by atoms with Crippen molar-refractivity contribution < 1.29 is 9.90 Å². The number of nitrogens with zero attached hydrogens (tertiary/aromatic N) is 1. The van der Waals surface area contributed by atoms with Crippen molar-refractivity contribution in [3.8, 4) is 0 Å². The summed E-state index contributed by atoms with van der Waals surface area (Å²) in [6.07, 6.45) is 0. The summed E-state index contributed by atoms with van der Waals surface area (Å²) in [7, 11) is 1.91. The Kier molecular flexibility index (Phi) is 4.48. The Morgan fingerprint density at radius 1 is 1.53 bits per heavy atom. The number of anilines is 1. The fourth-order valence-electron chi connectivity index (χ4n) is 1.46. The highest BCUT2D eigenvalue weighted by Crippen LogP contribution is 2.16. The molecule has 17 heavy (non-hydrogen) atoms. The molecule has 0 aliphatic heterocycles. The molecule has 5 nitrogen and oxygen atoms in total. The smallest absolute Gasteiger partial charge is 0.248 e. The SMILES string of the molecule is CC(CO)N(C)Cc1ccc(C(N)=O)cc1N. The summed E-state index contributed by atoms with van der Waals surface area (Å²) in [5, 5.41) is 9.04. The molecular formula is C12H19N3O2. The monoisotopic (exact) mass is 237 g/mol. The molecule has 5 N–H and O–H groups in total. The highest BCUT2D eigenvalue weighted by atomic mass is 16.3. The maximum atomic E-state index is 11.0.